The van der Waals surface area contributed by atoms with Gasteiger partial charge in [0.15, 0.2) is 5.92 Å². The molecule has 0 aliphatic heterocycles. The van der Waals surface area contributed by atoms with E-state index in [1.165, 1.54) is 0 Å². The van der Waals surface area contributed by atoms with E-state index in [4.69, 9.17) is 15.8 Å². The highest BCUT2D eigenvalue weighted by Crippen LogP contribution is 2.23. The molecular formula is C11H6IN3. The lowest BCUT2D eigenvalue weighted by Gasteiger charge is -2.08. The minimum absolute atomic E-state index is 0.669. The smallest absolute Gasteiger partial charge is 0.153 e. The molecule has 4 heteroatoms. The Hall–Kier alpha value is -1.58. The van der Waals surface area contributed by atoms with Gasteiger partial charge in [-0.05, 0) is 40.3 Å². The standard InChI is InChI=1S/C11H6IN3/c12-10-3-1-8(2-4-10)11(7-15)9(5-13)6-14/h1-4,9,11H. The van der Waals surface area contributed by atoms with Crippen molar-refractivity contribution in [2.45, 2.75) is 5.92 Å². The molecule has 1 rings (SSSR count). The lowest BCUT2D eigenvalue weighted by Crippen LogP contribution is -2.07. The van der Waals surface area contributed by atoms with Crippen LogP contribution in [-0.2, 0) is 0 Å². The van der Waals surface area contributed by atoms with Crippen LogP contribution < -0.4 is 0 Å². The first kappa shape index (κ1) is 11.5. The minimum Gasteiger partial charge on any atom is -0.198 e. The topological polar surface area (TPSA) is 71.4 Å². The summed E-state index contributed by atoms with van der Waals surface area (Å²) in [5.74, 6) is -1.58. The zero-order chi connectivity index (χ0) is 11.3. The van der Waals surface area contributed by atoms with Crippen LogP contribution in [0.4, 0.5) is 0 Å². The van der Waals surface area contributed by atoms with E-state index in [0.29, 0.717) is 5.56 Å². The third kappa shape index (κ3) is 2.68. The molecule has 0 saturated carbocycles. The maximum Gasteiger partial charge on any atom is 0.153 e. The van der Waals surface area contributed by atoms with Crippen LogP contribution in [-0.4, -0.2) is 0 Å². The average Bonchev–Trinajstić information content (AvgIpc) is 2.27. The number of halogens is 1. The molecule has 0 heterocycles. The van der Waals surface area contributed by atoms with Crippen LogP contribution in [0.25, 0.3) is 0 Å². The summed E-state index contributed by atoms with van der Waals surface area (Å²) in [6.07, 6.45) is 0. The highest BCUT2D eigenvalue weighted by Gasteiger charge is 2.22. The van der Waals surface area contributed by atoms with Gasteiger partial charge < -0.3 is 0 Å². The van der Waals surface area contributed by atoms with Crippen LogP contribution in [0.3, 0.4) is 0 Å². The molecule has 0 saturated heterocycles. The van der Waals surface area contributed by atoms with Gasteiger partial charge in [0.25, 0.3) is 0 Å². The number of nitriles is 3. The van der Waals surface area contributed by atoms with E-state index in [2.05, 4.69) is 22.6 Å². The normalized spacial score (nSPS) is 11.1. The van der Waals surface area contributed by atoms with E-state index in [9.17, 15) is 0 Å². The zero-order valence-electron chi connectivity index (χ0n) is 7.68. The molecule has 0 aliphatic rings. The summed E-state index contributed by atoms with van der Waals surface area (Å²) >= 11 is 2.15. The number of nitrogens with zero attached hydrogens (tertiary/aromatic N) is 3. The number of benzene rings is 1. The molecule has 0 amide bonds. The second-order valence-corrected chi connectivity index (χ2v) is 4.14. The van der Waals surface area contributed by atoms with Crippen LogP contribution >= 0.6 is 22.6 Å². The van der Waals surface area contributed by atoms with Gasteiger partial charge in [-0.2, -0.15) is 15.8 Å². The Balaban J connectivity index is 3.06. The highest BCUT2D eigenvalue weighted by molar-refractivity contribution is 14.1. The van der Waals surface area contributed by atoms with Gasteiger partial charge in [-0.25, -0.2) is 0 Å². The van der Waals surface area contributed by atoms with Crippen LogP contribution in [0.15, 0.2) is 24.3 Å². The van der Waals surface area contributed by atoms with Gasteiger partial charge in [-0.3, -0.25) is 0 Å². The molecule has 15 heavy (non-hydrogen) atoms. The molecule has 72 valence electrons. The molecule has 0 spiro atoms. The predicted molar refractivity (Wildman–Crippen MR) is 62.2 cm³/mol. The Morgan fingerprint density at radius 3 is 1.87 bits per heavy atom. The zero-order valence-corrected chi connectivity index (χ0v) is 9.84. The summed E-state index contributed by atoms with van der Waals surface area (Å²) in [4.78, 5) is 0. The van der Waals surface area contributed by atoms with Gasteiger partial charge in [0.05, 0.1) is 18.2 Å². The van der Waals surface area contributed by atoms with Gasteiger partial charge in [0, 0.05) is 3.57 Å². The largest absolute Gasteiger partial charge is 0.198 e. The number of hydrogen-bond donors (Lipinski definition) is 0. The second-order valence-electron chi connectivity index (χ2n) is 2.89. The van der Waals surface area contributed by atoms with E-state index in [1.54, 1.807) is 12.1 Å². The monoisotopic (exact) mass is 307 g/mol. The summed E-state index contributed by atoms with van der Waals surface area (Å²) in [7, 11) is 0. The first-order valence-corrected chi connectivity index (χ1v) is 5.25. The van der Waals surface area contributed by atoms with Crippen LogP contribution in [0, 0.1) is 43.5 Å². The first-order chi connectivity index (χ1) is 7.22. The average molecular weight is 307 g/mol. The molecule has 0 bridgehead atoms. The van der Waals surface area contributed by atoms with Crippen molar-refractivity contribution >= 4 is 22.6 Å². The van der Waals surface area contributed by atoms with Crippen molar-refractivity contribution in [1.82, 2.24) is 0 Å². The molecule has 0 fully saturated rings. The SMILES string of the molecule is N#CC(C#N)C(C#N)c1ccc(I)cc1. The lowest BCUT2D eigenvalue weighted by molar-refractivity contribution is 0.744. The van der Waals surface area contributed by atoms with Crippen molar-refractivity contribution in [3.63, 3.8) is 0 Å². The Labute approximate surface area is 102 Å². The molecule has 1 atom stereocenters. The summed E-state index contributed by atoms with van der Waals surface area (Å²) in [6.45, 7) is 0. The molecule has 1 aromatic rings. The Kier molecular flexibility index (Phi) is 4.09. The van der Waals surface area contributed by atoms with Crippen LogP contribution in [0.2, 0.25) is 0 Å². The van der Waals surface area contributed by atoms with Gasteiger partial charge >= 0.3 is 0 Å². The quantitative estimate of drug-likeness (QED) is 0.788. The molecular weight excluding hydrogens is 301 g/mol. The van der Waals surface area contributed by atoms with Crippen LogP contribution in [0.5, 0.6) is 0 Å². The molecule has 0 aromatic heterocycles. The molecule has 0 N–H and O–H groups in total. The van der Waals surface area contributed by atoms with Crippen molar-refractivity contribution in [3.05, 3.63) is 33.4 Å². The van der Waals surface area contributed by atoms with E-state index < -0.39 is 11.8 Å². The molecule has 1 unspecified atom stereocenters. The maximum atomic E-state index is 8.93. The molecule has 0 radical (unpaired) electrons. The fraction of sp³-hybridized carbons (Fsp3) is 0.182. The van der Waals surface area contributed by atoms with Gasteiger partial charge in [-0.1, -0.05) is 12.1 Å². The summed E-state index contributed by atoms with van der Waals surface area (Å²) in [5, 5.41) is 26.4. The van der Waals surface area contributed by atoms with E-state index >= 15 is 0 Å². The van der Waals surface area contributed by atoms with Gasteiger partial charge in [-0.15, -0.1) is 0 Å². The third-order valence-corrected chi connectivity index (χ3v) is 2.70. The second kappa shape index (κ2) is 5.34. The summed E-state index contributed by atoms with van der Waals surface area (Å²) in [5.41, 5.74) is 0.714. The summed E-state index contributed by atoms with van der Waals surface area (Å²) < 4.78 is 1.05. The van der Waals surface area contributed by atoms with E-state index in [1.807, 2.05) is 30.3 Å². The fourth-order valence-electron chi connectivity index (χ4n) is 1.19. The Bertz CT molecular complexity index is 445. The minimum atomic E-state index is -0.907. The Morgan fingerprint density at radius 1 is 0.933 bits per heavy atom. The van der Waals surface area contributed by atoms with Gasteiger partial charge in [0.2, 0.25) is 0 Å². The first-order valence-electron chi connectivity index (χ1n) is 4.17. The van der Waals surface area contributed by atoms with Crippen molar-refractivity contribution in [2.24, 2.45) is 5.92 Å². The van der Waals surface area contributed by atoms with Crippen molar-refractivity contribution < 1.29 is 0 Å². The fourth-order valence-corrected chi connectivity index (χ4v) is 1.55. The van der Waals surface area contributed by atoms with Gasteiger partial charge in [0.1, 0.15) is 5.92 Å². The van der Waals surface area contributed by atoms with E-state index in [-0.39, 0.29) is 0 Å². The molecule has 1 aromatic carbocycles. The highest BCUT2D eigenvalue weighted by atomic mass is 127. The lowest BCUT2D eigenvalue weighted by atomic mass is 9.89. The van der Waals surface area contributed by atoms with Crippen molar-refractivity contribution in [3.8, 4) is 18.2 Å². The maximum absolute atomic E-state index is 8.93. The van der Waals surface area contributed by atoms with Crippen LogP contribution in [0.1, 0.15) is 11.5 Å². The van der Waals surface area contributed by atoms with Crippen molar-refractivity contribution in [1.29, 1.82) is 15.8 Å². The van der Waals surface area contributed by atoms with Crippen molar-refractivity contribution in [2.75, 3.05) is 0 Å². The van der Waals surface area contributed by atoms with E-state index in [0.717, 1.165) is 3.57 Å². The summed E-state index contributed by atoms with van der Waals surface area (Å²) in [6, 6.07) is 12.9. The third-order valence-electron chi connectivity index (χ3n) is 1.98. The molecule has 0 aliphatic carbocycles. The number of hydrogen-bond acceptors (Lipinski definition) is 3. The predicted octanol–water partition coefficient (Wildman–Crippen LogP) is 2.56. The number of rotatable bonds is 2. The molecule has 3 nitrogen and oxygen atoms in total. The Morgan fingerprint density at radius 2 is 1.47 bits per heavy atom.